The number of carbonyl (C=O) groups excluding carboxylic acids is 1. The molecule has 1 saturated heterocycles. The van der Waals surface area contributed by atoms with Crippen molar-refractivity contribution in [2.45, 2.75) is 50.0 Å². The van der Waals surface area contributed by atoms with Crippen molar-refractivity contribution in [2.75, 3.05) is 30.4 Å². The molecular formula is C28H27FN6O2. The lowest BCUT2D eigenvalue weighted by molar-refractivity contribution is 0.0558. The monoisotopic (exact) mass is 498 g/mol. The molecule has 4 aliphatic carbocycles. The summed E-state index contributed by atoms with van der Waals surface area (Å²) >= 11 is 0. The fraction of sp³-hybridized carbons (Fsp3) is 0.429. The van der Waals surface area contributed by atoms with E-state index in [-0.39, 0.29) is 34.5 Å². The maximum Gasteiger partial charge on any atom is 0.324 e. The van der Waals surface area contributed by atoms with Crippen LogP contribution in [0.4, 0.5) is 15.9 Å². The van der Waals surface area contributed by atoms with Crippen molar-refractivity contribution < 1.29 is 13.9 Å². The topological polar surface area (TPSA) is 106 Å². The lowest BCUT2D eigenvalue weighted by Gasteiger charge is -2.60. The zero-order valence-electron chi connectivity index (χ0n) is 20.6. The molecule has 8 nitrogen and oxygen atoms in total. The molecule has 1 aliphatic heterocycles. The van der Waals surface area contributed by atoms with Crippen molar-refractivity contribution in [1.29, 1.82) is 0 Å². The molecule has 0 bridgehead atoms. The van der Waals surface area contributed by atoms with Crippen LogP contribution in [0.2, 0.25) is 0 Å². The van der Waals surface area contributed by atoms with Crippen LogP contribution in [-0.2, 0) is 11.8 Å². The number of fused-ring (bicyclic) bond motifs is 5. The highest BCUT2D eigenvalue weighted by Crippen LogP contribution is 2.56. The normalized spacial score (nSPS) is 22.8. The molecule has 3 aromatic rings. The minimum atomic E-state index is -0.300. The van der Waals surface area contributed by atoms with Crippen LogP contribution < -0.4 is 20.7 Å². The molecule has 2 spiro atoms. The highest BCUT2D eigenvalue weighted by Gasteiger charge is 2.55. The van der Waals surface area contributed by atoms with Gasteiger partial charge in [0.15, 0.2) is 5.78 Å². The van der Waals surface area contributed by atoms with E-state index in [0.29, 0.717) is 24.2 Å². The number of Topliss-reactive ketones (excluding diaryl/α,β-unsaturated/α-hetero) is 1. The summed E-state index contributed by atoms with van der Waals surface area (Å²) in [5, 5.41) is 3.12. The molecule has 3 heterocycles. The van der Waals surface area contributed by atoms with E-state index in [1.165, 1.54) is 6.07 Å². The van der Waals surface area contributed by atoms with Gasteiger partial charge >= 0.3 is 6.01 Å². The summed E-state index contributed by atoms with van der Waals surface area (Å²) in [6.45, 7) is 1.63. The number of hydrogen-bond donors (Lipinski definition) is 2. The molecule has 0 unspecified atom stereocenters. The number of pyridine rings is 1. The van der Waals surface area contributed by atoms with Crippen molar-refractivity contribution >= 4 is 17.3 Å². The van der Waals surface area contributed by atoms with Gasteiger partial charge in [-0.3, -0.25) is 9.78 Å². The highest BCUT2D eigenvalue weighted by atomic mass is 19.1. The van der Waals surface area contributed by atoms with Gasteiger partial charge in [0.05, 0.1) is 17.6 Å². The van der Waals surface area contributed by atoms with E-state index >= 15 is 0 Å². The summed E-state index contributed by atoms with van der Waals surface area (Å²) in [6, 6.07) is 5.29. The lowest BCUT2D eigenvalue weighted by Crippen LogP contribution is -2.69. The van der Waals surface area contributed by atoms with Crippen LogP contribution in [0.3, 0.4) is 0 Å². The van der Waals surface area contributed by atoms with Crippen molar-refractivity contribution in [1.82, 2.24) is 15.0 Å². The zero-order chi connectivity index (χ0) is 25.1. The van der Waals surface area contributed by atoms with Gasteiger partial charge in [-0.25, -0.2) is 4.39 Å². The Bertz CT molecular complexity index is 1530. The van der Waals surface area contributed by atoms with Gasteiger partial charge in [-0.05, 0) is 55.0 Å². The number of carbonyl (C=O) groups is 1. The average Bonchev–Trinajstić information content (AvgIpc) is 3.45. The average molecular weight is 499 g/mol. The second kappa shape index (κ2) is 7.04. The van der Waals surface area contributed by atoms with E-state index in [0.717, 1.165) is 78.4 Å². The molecule has 0 amide bonds. The van der Waals surface area contributed by atoms with Gasteiger partial charge in [-0.2, -0.15) is 9.97 Å². The Morgan fingerprint density at radius 2 is 2.00 bits per heavy atom. The van der Waals surface area contributed by atoms with Crippen LogP contribution in [0.5, 0.6) is 11.8 Å². The fourth-order valence-corrected chi connectivity index (χ4v) is 6.86. The number of nitrogens with two attached hydrogens (primary N) is 1. The second-order valence-electron chi connectivity index (χ2n) is 11.5. The first kappa shape index (κ1) is 21.5. The van der Waals surface area contributed by atoms with E-state index in [1.54, 1.807) is 25.4 Å². The predicted octanol–water partition coefficient (Wildman–Crippen LogP) is 3.96. The van der Waals surface area contributed by atoms with Crippen LogP contribution in [0.25, 0.3) is 11.1 Å². The number of nitrogens with one attached hydrogen (secondary N) is 1. The zero-order valence-corrected chi connectivity index (χ0v) is 20.6. The Hall–Kier alpha value is -3.59. The number of benzene rings is 1. The summed E-state index contributed by atoms with van der Waals surface area (Å²) in [5.41, 5.74) is 12.2. The maximum absolute atomic E-state index is 14.6. The van der Waals surface area contributed by atoms with Crippen LogP contribution in [0, 0.1) is 11.2 Å². The largest absolute Gasteiger partial charge is 0.423 e. The Kier molecular flexibility index (Phi) is 4.09. The molecule has 0 radical (unpaired) electrons. The molecular weight excluding hydrogens is 471 g/mol. The van der Waals surface area contributed by atoms with Gasteiger partial charge in [0.2, 0.25) is 0 Å². The first-order valence-electron chi connectivity index (χ1n) is 13.0. The van der Waals surface area contributed by atoms with Crippen molar-refractivity contribution in [3.63, 3.8) is 0 Å². The van der Waals surface area contributed by atoms with Crippen LogP contribution in [-0.4, -0.2) is 46.9 Å². The molecule has 2 aromatic heterocycles. The van der Waals surface area contributed by atoms with Gasteiger partial charge in [-0.15, -0.1) is 0 Å². The molecule has 9 heteroatoms. The molecule has 37 heavy (non-hydrogen) atoms. The number of ether oxygens (including phenoxy) is 1. The summed E-state index contributed by atoms with van der Waals surface area (Å²) in [5.74, 6) is 1.03. The Labute approximate surface area is 213 Å². The van der Waals surface area contributed by atoms with Gasteiger partial charge in [0.25, 0.3) is 0 Å². The third-order valence-corrected chi connectivity index (χ3v) is 9.32. The molecule has 8 rings (SSSR count). The molecule has 1 aromatic carbocycles. The Balaban J connectivity index is 1.19. The summed E-state index contributed by atoms with van der Waals surface area (Å²) in [6.07, 6.45) is 6.97. The van der Waals surface area contributed by atoms with Crippen LogP contribution >= 0.6 is 0 Å². The standard InChI is InChI=1S/C28H27FN6O2/c1-31-19-7-14(29)6-17-16(19)9-20-23(17)25(35-12-28(13-35)3-2-22(28)30)34-26(33-20)37-15-8-18-21(36)10-27(4-5-27)24(18)32-11-15/h6-8,11,22,31H,2-5,9-10,12-13,30H2,1H3/t22-/m1/s1. The number of halogens is 1. The van der Waals surface area contributed by atoms with E-state index in [1.807, 2.05) is 0 Å². The quantitative estimate of drug-likeness (QED) is 0.436. The third-order valence-electron chi connectivity index (χ3n) is 9.32. The number of hydrogen-bond acceptors (Lipinski definition) is 8. The van der Waals surface area contributed by atoms with Gasteiger partial charge in [-0.1, -0.05) is 0 Å². The number of nitrogens with zero attached hydrogens (tertiary/aromatic N) is 4. The molecule has 5 aliphatic rings. The number of rotatable bonds is 4. The van der Waals surface area contributed by atoms with Gasteiger partial charge < -0.3 is 20.7 Å². The van der Waals surface area contributed by atoms with E-state index in [4.69, 9.17) is 20.4 Å². The molecule has 188 valence electrons. The van der Waals surface area contributed by atoms with Gasteiger partial charge in [0, 0.05) is 66.7 Å². The van der Waals surface area contributed by atoms with Crippen molar-refractivity contribution in [3.05, 3.63) is 52.7 Å². The Morgan fingerprint density at radius 3 is 2.70 bits per heavy atom. The smallest absolute Gasteiger partial charge is 0.324 e. The number of anilines is 2. The van der Waals surface area contributed by atoms with Gasteiger partial charge in [0.1, 0.15) is 17.4 Å². The molecule has 3 N–H and O–H groups in total. The first-order chi connectivity index (χ1) is 17.9. The third kappa shape index (κ3) is 2.91. The van der Waals surface area contributed by atoms with Crippen LogP contribution in [0.15, 0.2) is 24.4 Å². The summed E-state index contributed by atoms with van der Waals surface area (Å²) in [7, 11) is 1.80. The van der Waals surface area contributed by atoms with Crippen molar-refractivity contribution in [2.24, 2.45) is 11.1 Å². The summed E-state index contributed by atoms with van der Waals surface area (Å²) in [4.78, 5) is 29.1. The minimum absolute atomic E-state index is 0.0376. The van der Waals surface area contributed by atoms with E-state index < -0.39 is 0 Å². The number of ketones is 1. The first-order valence-corrected chi connectivity index (χ1v) is 13.0. The molecule has 1 atom stereocenters. The number of aromatic nitrogens is 3. The van der Waals surface area contributed by atoms with E-state index in [2.05, 4.69) is 15.2 Å². The Morgan fingerprint density at radius 1 is 1.16 bits per heavy atom. The lowest BCUT2D eigenvalue weighted by atomic mass is 9.60. The predicted molar refractivity (Wildman–Crippen MR) is 136 cm³/mol. The minimum Gasteiger partial charge on any atom is -0.423 e. The SMILES string of the molecule is CNc1cc(F)cc2c1Cc1nc(Oc3cnc4c(c3)C(=O)CC43CC3)nc(N3CC4(CC[C@H]4N)C3)c1-2. The fourth-order valence-electron chi connectivity index (χ4n) is 6.86. The maximum atomic E-state index is 14.6. The van der Waals surface area contributed by atoms with Crippen LogP contribution in [0.1, 0.15) is 59.4 Å². The second-order valence-corrected chi connectivity index (χ2v) is 11.5. The molecule has 2 saturated carbocycles. The molecule has 3 fully saturated rings. The summed E-state index contributed by atoms with van der Waals surface area (Å²) < 4.78 is 20.7. The van der Waals surface area contributed by atoms with Crippen molar-refractivity contribution in [3.8, 4) is 22.9 Å². The highest BCUT2D eigenvalue weighted by molar-refractivity contribution is 6.02. The van der Waals surface area contributed by atoms with E-state index in [9.17, 15) is 9.18 Å².